The largest absolute Gasteiger partial charge is 0.209 e. The molecule has 0 N–H and O–H groups in total. The molecule has 0 spiro atoms. The standard InChI is InChI=1S/C28H60N2O/c1-5-7-9-11-13-15-17-19-21-23-25-27-29(3)31-30(4)28-26-24-22-20-18-16-14-12-10-8-6-2/h5-28H2,1-4H3. The summed E-state index contributed by atoms with van der Waals surface area (Å²) in [5, 5.41) is 4.04. The van der Waals surface area contributed by atoms with Crippen molar-refractivity contribution in [1.29, 1.82) is 0 Å². The zero-order chi connectivity index (χ0) is 22.8. The topological polar surface area (TPSA) is 15.7 Å². The molecule has 3 heteroatoms. The van der Waals surface area contributed by atoms with Gasteiger partial charge >= 0.3 is 0 Å². The minimum atomic E-state index is 1.04. The Morgan fingerprint density at radius 3 is 0.839 bits per heavy atom. The SMILES string of the molecule is CCCCCCCCCCCCCN(C)ON(C)CCCCCCCCCCCCC. The van der Waals surface area contributed by atoms with Gasteiger partial charge in [-0.15, -0.1) is 0 Å². The highest BCUT2D eigenvalue weighted by Crippen LogP contribution is 2.13. The first-order valence-corrected chi connectivity index (χ1v) is 14.3. The third kappa shape index (κ3) is 26.0. The second-order valence-electron chi connectivity index (χ2n) is 9.86. The van der Waals surface area contributed by atoms with Crippen LogP contribution in [0.4, 0.5) is 0 Å². The third-order valence-electron chi connectivity index (χ3n) is 6.43. The minimum absolute atomic E-state index is 1.04. The maximum Gasteiger partial charge on any atom is 0.0256 e. The molecule has 0 saturated carbocycles. The molecule has 0 saturated heterocycles. The van der Waals surface area contributed by atoms with E-state index in [1.807, 2.05) is 10.1 Å². The van der Waals surface area contributed by atoms with E-state index in [0.29, 0.717) is 0 Å². The van der Waals surface area contributed by atoms with Gasteiger partial charge < -0.3 is 0 Å². The lowest BCUT2D eigenvalue weighted by atomic mass is 10.1. The first kappa shape index (κ1) is 30.9. The van der Waals surface area contributed by atoms with Gasteiger partial charge in [0, 0.05) is 27.2 Å². The Morgan fingerprint density at radius 2 is 0.581 bits per heavy atom. The van der Waals surface area contributed by atoms with Crippen LogP contribution in [-0.2, 0) is 4.94 Å². The number of hydrogen-bond donors (Lipinski definition) is 0. The highest BCUT2D eigenvalue weighted by molar-refractivity contribution is 4.50. The molecule has 0 rings (SSSR count). The molecule has 0 fully saturated rings. The van der Waals surface area contributed by atoms with Gasteiger partial charge in [0.05, 0.1) is 0 Å². The summed E-state index contributed by atoms with van der Waals surface area (Å²) in [5.41, 5.74) is 0. The zero-order valence-corrected chi connectivity index (χ0v) is 22.3. The van der Waals surface area contributed by atoms with Crippen molar-refractivity contribution < 1.29 is 4.94 Å². The lowest BCUT2D eigenvalue weighted by molar-refractivity contribution is -0.304. The Balaban J connectivity index is 3.29. The molecule has 0 radical (unpaired) electrons. The van der Waals surface area contributed by atoms with E-state index in [-0.39, 0.29) is 0 Å². The summed E-state index contributed by atoms with van der Waals surface area (Å²) < 4.78 is 0. The van der Waals surface area contributed by atoms with Crippen LogP contribution < -0.4 is 0 Å². The van der Waals surface area contributed by atoms with Crippen molar-refractivity contribution in [3.05, 3.63) is 0 Å². The third-order valence-corrected chi connectivity index (χ3v) is 6.43. The molecule has 31 heavy (non-hydrogen) atoms. The predicted molar refractivity (Wildman–Crippen MR) is 139 cm³/mol. The first-order valence-electron chi connectivity index (χ1n) is 14.3. The van der Waals surface area contributed by atoms with Crippen molar-refractivity contribution in [3.8, 4) is 0 Å². The summed E-state index contributed by atoms with van der Waals surface area (Å²) >= 11 is 0. The maximum atomic E-state index is 5.90. The van der Waals surface area contributed by atoms with Crippen LogP contribution in [0.3, 0.4) is 0 Å². The van der Waals surface area contributed by atoms with Crippen LogP contribution in [0.25, 0.3) is 0 Å². The van der Waals surface area contributed by atoms with E-state index in [2.05, 4.69) is 27.9 Å². The van der Waals surface area contributed by atoms with Crippen LogP contribution in [0.5, 0.6) is 0 Å². The van der Waals surface area contributed by atoms with Crippen LogP contribution in [0.1, 0.15) is 155 Å². The Bertz CT molecular complexity index is 294. The van der Waals surface area contributed by atoms with Gasteiger partial charge in [0.2, 0.25) is 0 Å². The molecular formula is C28H60N2O. The zero-order valence-electron chi connectivity index (χ0n) is 22.3. The highest BCUT2D eigenvalue weighted by atomic mass is 16.8. The molecule has 0 aromatic rings. The monoisotopic (exact) mass is 440 g/mol. The van der Waals surface area contributed by atoms with Gasteiger partial charge in [0.25, 0.3) is 0 Å². The molecule has 188 valence electrons. The van der Waals surface area contributed by atoms with E-state index in [9.17, 15) is 0 Å². The summed E-state index contributed by atoms with van der Waals surface area (Å²) in [5.74, 6) is 0. The molecule has 3 nitrogen and oxygen atoms in total. The fraction of sp³-hybridized carbons (Fsp3) is 1.00. The average Bonchev–Trinajstić information content (AvgIpc) is 2.75. The Kier molecular flexibility index (Phi) is 26.0. The van der Waals surface area contributed by atoms with Gasteiger partial charge in [-0.2, -0.15) is 10.1 Å². The Morgan fingerprint density at radius 1 is 0.355 bits per heavy atom. The Labute approximate surface area is 197 Å². The van der Waals surface area contributed by atoms with E-state index in [0.717, 1.165) is 13.1 Å². The van der Waals surface area contributed by atoms with Crippen LogP contribution >= 0.6 is 0 Å². The van der Waals surface area contributed by atoms with Crippen molar-refractivity contribution in [3.63, 3.8) is 0 Å². The smallest absolute Gasteiger partial charge is 0.0256 e. The van der Waals surface area contributed by atoms with E-state index < -0.39 is 0 Å². The van der Waals surface area contributed by atoms with Gasteiger partial charge in [-0.3, -0.25) is 0 Å². The number of hydroxylamine groups is 4. The normalized spacial score (nSPS) is 11.8. The number of nitrogens with zero attached hydrogens (tertiary/aromatic N) is 2. The number of hydrogen-bond acceptors (Lipinski definition) is 3. The van der Waals surface area contributed by atoms with Crippen LogP contribution in [0.2, 0.25) is 0 Å². The van der Waals surface area contributed by atoms with Gasteiger partial charge in [0.1, 0.15) is 0 Å². The fourth-order valence-corrected chi connectivity index (χ4v) is 4.32. The molecular weight excluding hydrogens is 380 g/mol. The van der Waals surface area contributed by atoms with Crippen LogP contribution in [0, 0.1) is 0 Å². The summed E-state index contributed by atoms with van der Waals surface area (Å²) in [6.07, 6.45) is 30.7. The highest BCUT2D eigenvalue weighted by Gasteiger charge is 2.04. The predicted octanol–water partition coefficient (Wildman–Crippen LogP) is 9.32. The molecule has 0 aromatic heterocycles. The van der Waals surface area contributed by atoms with Crippen LogP contribution in [0.15, 0.2) is 0 Å². The summed E-state index contributed by atoms with van der Waals surface area (Å²) in [6, 6.07) is 0. The summed E-state index contributed by atoms with van der Waals surface area (Å²) in [4.78, 5) is 5.90. The van der Waals surface area contributed by atoms with E-state index in [4.69, 9.17) is 4.94 Å². The minimum Gasteiger partial charge on any atom is -0.209 e. The van der Waals surface area contributed by atoms with Crippen LogP contribution in [-0.4, -0.2) is 37.3 Å². The maximum absolute atomic E-state index is 5.90. The first-order chi connectivity index (χ1) is 15.2. The molecule has 0 aromatic carbocycles. The summed E-state index contributed by atoms with van der Waals surface area (Å²) in [7, 11) is 4.15. The van der Waals surface area contributed by atoms with Crippen molar-refractivity contribution in [1.82, 2.24) is 10.1 Å². The second kappa shape index (κ2) is 26.1. The lowest BCUT2D eigenvalue weighted by Crippen LogP contribution is -2.31. The van der Waals surface area contributed by atoms with E-state index in [1.165, 1.54) is 141 Å². The molecule has 0 aliphatic heterocycles. The fourth-order valence-electron chi connectivity index (χ4n) is 4.32. The van der Waals surface area contributed by atoms with Gasteiger partial charge in [0.15, 0.2) is 0 Å². The molecule has 0 unspecified atom stereocenters. The van der Waals surface area contributed by atoms with Gasteiger partial charge in [-0.1, -0.05) is 142 Å². The average molecular weight is 441 g/mol. The molecule has 0 atom stereocenters. The molecule has 0 aliphatic carbocycles. The number of rotatable bonds is 26. The van der Waals surface area contributed by atoms with E-state index >= 15 is 0 Å². The lowest BCUT2D eigenvalue weighted by Gasteiger charge is -2.23. The van der Waals surface area contributed by atoms with Crippen molar-refractivity contribution in [2.75, 3.05) is 27.2 Å². The van der Waals surface area contributed by atoms with Crippen molar-refractivity contribution in [2.24, 2.45) is 0 Å². The second-order valence-corrected chi connectivity index (χ2v) is 9.86. The van der Waals surface area contributed by atoms with Crippen molar-refractivity contribution >= 4 is 0 Å². The molecule has 0 amide bonds. The molecule has 0 heterocycles. The van der Waals surface area contributed by atoms with Crippen molar-refractivity contribution in [2.45, 2.75) is 155 Å². The van der Waals surface area contributed by atoms with Gasteiger partial charge in [-0.05, 0) is 12.8 Å². The number of unbranched alkanes of at least 4 members (excludes halogenated alkanes) is 20. The van der Waals surface area contributed by atoms with Gasteiger partial charge in [-0.25, -0.2) is 4.94 Å². The molecule has 0 bridgehead atoms. The summed E-state index contributed by atoms with van der Waals surface area (Å²) in [6.45, 7) is 6.67. The Hall–Kier alpha value is -0.120. The molecule has 0 aliphatic rings. The van der Waals surface area contributed by atoms with E-state index in [1.54, 1.807) is 0 Å². The quantitative estimate of drug-likeness (QED) is 0.0984.